The molecule has 0 unspecified atom stereocenters. The summed E-state index contributed by atoms with van der Waals surface area (Å²) in [5.74, 6) is 0.627. The number of anilines is 3. The third-order valence-electron chi connectivity index (χ3n) is 6.29. The third kappa shape index (κ3) is 5.41. The standard InChI is InChI=1S/C28H27BrN6O2/c29-18-14-15-23-21(17-18)28(37)35-27(33-23)20-10-5-4-9-19(20)26(34-35)31-16-8-2-1-3-13-25(36)32-24-12-7-6-11-22(24)30/h4-7,9-12,14-15,17H,1-3,8,13,16,30H2,(H,31,34)(H,32,36). The largest absolute Gasteiger partial charge is 0.397 e. The molecule has 2 heterocycles. The van der Waals surface area contributed by atoms with Crippen LogP contribution < -0.4 is 21.9 Å². The summed E-state index contributed by atoms with van der Waals surface area (Å²) in [6.45, 7) is 0.705. The van der Waals surface area contributed by atoms with Crippen molar-refractivity contribution in [3.63, 3.8) is 0 Å². The molecule has 0 fully saturated rings. The molecule has 0 aliphatic carbocycles. The minimum atomic E-state index is -0.203. The van der Waals surface area contributed by atoms with Crippen LogP contribution in [-0.4, -0.2) is 27.0 Å². The number of halogens is 1. The number of fused-ring (bicyclic) bond motifs is 4. The molecule has 37 heavy (non-hydrogen) atoms. The molecule has 1 amide bonds. The molecule has 5 aromatic rings. The highest BCUT2D eigenvalue weighted by molar-refractivity contribution is 9.10. The smallest absolute Gasteiger partial charge is 0.282 e. The second-order valence-corrected chi connectivity index (χ2v) is 9.85. The van der Waals surface area contributed by atoms with E-state index in [1.165, 1.54) is 4.52 Å². The quantitative estimate of drug-likeness (QED) is 0.0919. The van der Waals surface area contributed by atoms with Crippen LogP contribution in [0.5, 0.6) is 0 Å². The lowest BCUT2D eigenvalue weighted by atomic mass is 10.1. The van der Waals surface area contributed by atoms with Crippen molar-refractivity contribution in [1.82, 2.24) is 14.6 Å². The zero-order chi connectivity index (χ0) is 25.8. The number of carbonyl (C=O) groups is 1. The van der Waals surface area contributed by atoms with Crippen LogP contribution in [0.15, 0.2) is 76.0 Å². The Kier molecular flexibility index (Phi) is 7.32. The number of nitrogens with zero attached hydrogens (tertiary/aromatic N) is 3. The molecule has 0 radical (unpaired) electrons. The van der Waals surface area contributed by atoms with Gasteiger partial charge in [-0.1, -0.05) is 65.2 Å². The Bertz CT molecular complexity index is 1670. The van der Waals surface area contributed by atoms with E-state index in [0.717, 1.165) is 40.9 Å². The van der Waals surface area contributed by atoms with Gasteiger partial charge in [0.15, 0.2) is 11.5 Å². The second-order valence-electron chi connectivity index (χ2n) is 8.93. The van der Waals surface area contributed by atoms with E-state index < -0.39 is 0 Å². The summed E-state index contributed by atoms with van der Waals surface area (Å²) >= 11 is 3.43. The van der Waals surface area contributed by atoms with Crippen molar-refractivity contribution in [2.75, 3.05) is 22.9 Å². The number of carbonyl (C=O) groups excluding carboxylic acids is 1. The normalized spacial score (nSPS) is 11.3. The molecule has 9 heteroatoms. The van der Waals surface area contributed by atoms with Crippen LogP contribution in [0, 0.1) is 0 Å². The van der Waals surface area contributed by atoms with Crippen molar-refractivity contribution in [2.45, 2.75) is 32.1 Å². The molecule has 188 valence electrons. The van der Waals surface area contributed by atoms with Gasteiger partial charge in [-0.25, -0.2) is 4.98 Å². The predicted molar refractivity (Wildman–Crippen MR) is 153 cm³/mol. The Balaban J connectivity index is 1.21. The van der Waals surface area contributed by atoms with Crippen LogP contribution in [0.2, 0.25) is 0 Å². The lowest BCUT2D eigenvalue weighted by Gasteiger charge is -2.12. The van der Waals surface area contributed by atoms with Crippen molar-refractivity contribution in [3.8, 4) is 0 Å². The average Bonchev–Trinajstić information content (AvgIpc) is 2.90. The Morgan fingerprint density at radius 3 is 2.51 bits per heavy atom. The van der Waals surface area contributed by atoms with E-state index in [4.69, 9.17) is 10.7 Å². The van der Waals surface area contributed by atoms with Crippen molar-refractivity contribution in [2.24, 2.45) is 0 Å². The average molecular weight is 559 g/mol. The van der Waals surface area contributed by atoms with Crippen molar-refractivity contribution >= 4 is 66.4 Å². The molecule has 0 saturated carbocycles. The van der Waals surface area contributed by atoms with Crippen LogP contribution in [0.1, 0.15) is 32.1 Å². The number of para-hydroxylation sites is 2. The summed E-state index contributed by atoms with van der Waals surface area (Å²) < 4.78 is 2.21. The Morgan fingerprint density at radius 1 is 0.919 bits per heavy atom. The van der Waals surface area contributed by atoms with Crippen LogP contribution in [0.25, 0.3) is 27.3 Å². The van der Waals surface area contributed by atoms with Gasteiger partial charge in [0.25, 0.3) is 5.56 Å². The molecular weight excluding hydrogens is 532 g/mol. The third-order valence-corrected chi connectivity index (χ3v) is 6.78. The summed E-state index contributed by atoms with van der Waals surface area (Å²) in [5, 5.41) is 13.2. The molecule has 0 aliphatic heterocycles. The van der Waals surface area contributed by atoms with Crippen LogP contribution in [0.3, 0.4) is 0 Å². The van der Waals surface area contributed by atoms with E-state index in [1.54, 1.807) is 18.2 Å². The molecule has 0 aliphatic rings. The fourth-order valence-electron chi connectivity index (χ4n) is 4.38. The fourth-order valence-corrected chi connectivity index (χ4v) is 4.74. The van der Waals surface area contributed by atoms with E-state index in [9.17, 15) is 9.59 Å². The van der Waals surface area contributed by atoms with Gasteiger partial charge in [0.05, 0.1) is 22.3 Å². The predicted octanol–water partition coefficient (Wildman–Crippen LogP) is 5.74. The molecule has 0 atom stereocenters. The number of benzene rings is 3. The first-order valence-corrected chi connectivity index (χ1v) is 13.1. The molecule has 4 N–H and O–H groups in total. The zero-order valence-corrected chi connectivity index (χ0v) is 21.8. The Hall–Kier alpha value is -3.98. The van der Waals surface area contributed by atoms with Crippen LogP contribution in [-0.2, 0) is 4.79 Å². The molecule has 3 aromatic carbocycles. The topological polar surface area (TPSA) is 114 Å². The SMILES string of the molecule is Nc1ccccc1NC(=O)CCCCCCNc1nn2c(=O)c3cc(Br)ccc3nc2c2ccccc12. The first-order chi connectivity index (χ1) is 18.0. The number of nitrogens with two attached hydrogens (primary N) is 1. The van der Waals surface area contributed by atoms with Gasteiger partial charge in [0.2, 0.25) is 5.91 Å². The minimum absolute atomic E-state index is 0.0264. The molecule has 0 bridgehead atoms. The molecule has 0 saturated heterocycles. The number of unbranched alkanes of at least 4 members (excludes halogenated alkanes) is 3. The maximum Gasteiger partial charge on any atom is 0.282 e. The summed E-state index contributed by atoms with van der Waals surface area (Å²) in [5.41, 5.74) is 8.08. The van der Waals surface area contributed by atoms with Crippen molar-refractivity contribution in [3.05, 3.63) is 81.6 Å². The van der Waals surface area contributed by atoms with Gasteiger partial charge in [-0.15, -0.1) is 5.10 Å². The number of amides is 1. The lowest BCUT2D eigenvalue weighted by molar-refractivity contribution is -0.116. The van der Waals surface area contributed by atoms with E-state index in [1.807, 2.05) is 48.5 Å². The van der Waals surface area contributed by atoms with E-state index in [2.05, 4.69) is 31.7 Å². The maximum atomic E-state index is 13.2. The van der Waals surface area contributed by atoms with Gasteiger partial charge < -0.3 is 16.4 Å². The summed E-state index contributed by atoms with van der Waals surface area (Å²) in [6, 6.07) is 20.6. The lowest BCUT2D eigenvalue weighted by Crippen LogP contribution is -2.20. The maximum absolute atomic E-state index is 13.2. The number of aromatic nitrogens is 3. The van der Waals surface area contributed by atoms with Gasteiger partial charge in [0.1, 0.15) is 0 Å². The number of hydrogen-bond donors (Lipinski definition) is 3. The number of hydrogen-bond acceptors (Lipinski definition) is 6. The summed E-state index contributed by atoms with van der Waals surface area (Å²) in [4.78, 5) is 30.2. The highest BCUT2D eigenvalue weighted by Crippen LogP contribution is 2.25. The van der Waals surface area contributed by atoms with Gasteiger partial charge >= 0.3 is 0 Å². The molecular formula is C28H27BrN6O2. The van der Waals surface area contributed by atoms with Crippen molar-refractivity contribution < 1.29 is 4.79 Å². The van der Waals surface area contributed by atoms with Crippen molar-refractivity contribution in [1.29, 1.82) is 0 Å². The molecule has 8 nitrogen and oxygen atoms in total. The van der Waals surface area contributed by atoms with Gasteiger partial charge in [-0.2, -0.15) is 4.52 Å². The highest BCUT2D eigenvalue weighted by Gasteiger charge is 2.13. The first kappa shape index (κ1) is 24.7. The molecule has 5 rings (SSSR count). The Morgan fingerprint density at radius 2 is 1.68 bits per heavy atom. The van der Waals surface area contributed by atoms with Gasteiger partial charge in [0, 0.05) is 28.2 Å². The van der Waals surface area contributed by atoms with Crippen LogP contribution in [0.4, 0.5) is 17.2 Å². The van der Waals surface area contributed by atoms with E-state index in [0.29, 0.717) is 46.7 Å². The number of nitrogens with one attached hydrogen (secondary N) is 2. The molecule has 0 spiro atoms. The number of nitrogen functional groups attached to an aromatic ring is 1. The monoisotopic (exact) mass is 558 g/mol. The Labute approximate surface area is 222 Å². The second kappa shape index (κ2) is 11.0. The fraction of sp³-hybridized carbons (Fsp3) is 0.214. The van der Waals surface area contributed by atoms with Gasteiger partial charge in [-0.3, -0.25) is 9.59 Å². The van der Waals surface area contributed by atoms with E-state index in [-0.39, 0.29) is 11.5 Å². The summed E-state index contributed by atoms with van der Waals surface area (Å²) in [6.07, 6.45) is 4.09. The highest BCUT2D eigenvalue weighted by atomic mass is 79.9. The minimum Gasteiger partial charge on any atom is -0.397 e. The van der Waals surface area contributed by atoms with Gasteiger partial charge in [-0.05, 0) is 43.2 Å². The zero-order valence-electron chi connectivity index (χ0n) is 20.2. The van der Waals surface area contributed by atoms with E-state index >= 15 is 0 Å². The van der Waals surface area contributed by atoms with Crippen LogP contribution >= 0.6 is 15.9 Å². The first-order valence-electron chi connectivity index (χ1n) is 12.3. The summed E-state index contributed by atoms with van der Waals surface area (Å²) in [7, 11) is 0. The molecule has 2 aromatic heterocycles. The number of rotatable bonds is 9.